The number of carbonyl (C=O) groups is 1. The number of fused-ring (bicyclic) bond motifs is 2. The molecular weight excluding hydrogens is 334 g/mol. The average Bonchev–Trinajstić information content (AvgIpc) is 2.85. The van der Waals surface area contributed by atoms with E-state index in [1.807, 2.05) is 0 Å². The first-order valence-electron chi connectivity index (χ1n) is 7.44. The van der Waals surface area contributed by atoms with Gasteiger partial charge in [0, 0.05) is 16.7 Å². The first kappa shape index (κ1) is 15.5. The molecule has 2 aromatic carbocycles. The number of hydrogen-bond donors (Lipinski definition) is 1. The van der Waals surface area contributed by atoms with Gasteiger partial charge in [0.15, 0.2) is 12.5 Å². The van der Waals surface area contributed by atoms with Crippen LogP contribution in [0.3, 0.4) is 0 Å². The zero-order valence-electron chi connectivity index (χ0n) is 12.8. The first-order chi connectivity index (χ1) is 12.1. The van der Waals surface area contributed by atoms with Crippen LogP contribution in [0.2, 0.25) is 0 Å². The minimum Gasteiger partial charge on any atom is -0.467 e. The number of amides is 1. The van der Waals surface area contributed by atoms with Gasteiger partial charge >= 0.3 is 0 Å². The summed E-state index contributed by atoms with van der Waals surface area (Å²) in [6.45, 7) is 0.223. The fourth-order valence-corrected chi connectivity index (χ4v) is 3.08. The Morgan fingerprint density at radius 3 is 2.84 bits per heavy atom. The van der Waals surface area contributed by atoms with Crippen LogP contribution in [0.15, 0.2) is 35.5 Å². The number of ether oxygens (including phenoxy) is 2. The Balaban J connectivity index is 1.78. The SMILES string of the molecule is O=C1/C(=N\O)c2cc(F)ccc2N1Cc1cc(F)cc2c1OCOC2. The lowest BCUT2D eigenvalue weighted by molar-refractivity contribution is -0.112. The van der Waals surface area contributed by atoms with Crippen molar-refractivity contribution in [2.24, 2.45) is 5.16 Å². The van der Waals surface area contributed by atoms with Crippen molar-refractivity contribution in [1.29, 1.82) is 0 Å². The van der Waals surface area contributed by atoms with E-state index in [4.69, 9.17) is 14.7 Å². The molecule has 0 bridgehead atoms. The number of benzene rings is 2. The zero-order valence-corrected chi connectivity index (χ0v) is 12.8. The van der Waals surface area contributed by atoms with Gasteiger partial charge in [-0.25, -0.2) is 8.78 Å². The van der Waals surface area contributed by atoms with E-state index in [0.717, 1.165) is 6.07 Å². The van der Waals surface area contributed by atoms with Crippen LogP contribution >= 0.6 is 0 Å². The molecule has 0 aromatic heterocycles. The maximum atomic E-state index is 13.9. The lowest BCUT2D eigenvalue weighted by Gasteiger charge is -2.23. The Morgan fingerprint density at radius 1 is 1.20 bits per heavy atom. The molecule has 6 nitrogen and oxygen atoms in total. The van der Waals surface area contributed by atoms with Gasteiger partial charge in [-0.05, 0) is 30.3 Å². The largest absolute Gasteiger partial charge is 0.467 e. The highest BCUT2D eigenvalue weighted by molar-refractivity contribution is 6.54. The molecule has 0 aliphatic carbocycles. The highest BCUT2D eigenvalue weighted by Crippen LogP contribution is 2.35. The number of carbonyl (C=O) groups excluding carboxylic acids is 1. The molecule has 1 amide bonds. The molecule has 0 saturated heterocycles. The summed E-state index contributed by atoms with van der Waals surface area (Å²) in [6.07, 6.45) is 0. The van der Waals surface area contributed by atoms with Crippen molar-refractivity contribution in [3.8, 4) is 5.75 Å². The fraction of sp³-hybridized carbons (Fsp3) is 0.176. The lowest BCUT2D eigenvalue weighted by atomic mass is 10.1. The van der Waals surface area contributed by atoms with Gasteiger partial charge in [0.25, 0.3) is 5.91 Å². The summed E-state index contributed by atoms with van der Waals surface area (Å²) in [6, 6.07) is 6.32. The Morgan fingerprint density at radius 2 is 2.04 bits per heavy atom. The number of halogens is 2. The van der Waals surface area contributed by atoms with Gasteiger partial charge < -0.3 is 19.6 Å². The molecule has 0 radical (unpaired) electrons. The molecule has 2 aliphatic heterocycles. The summed E-state index contributed by atoms with van der Waals surface area (Å²) in [4.78, 5) is 13.8. The van der Waals surface area contributed by atoms with Crippen molar-refractivity contribution >= 4 is 17.3 Å². The molecule has 0 spiro atoms. The van der Waals surface area contributed by atoms with Crippen LogP contribution in [0, 0.1) is 11.6 Å². The Kier molecular flexibility index (Phi) is 3.61. The molecule has 128 valence electrons. The molecule has 1 N–H and O–H groups in total. The van der Waals surface area contributed by atoms with E-state index in [1.54, 1.807) is 0 Å². The van der Waals surface area contributed by atoms with Crippen molar-refractivity contribution in [3.63, 3.8) is 0 Å². The lowest BCUT2D eigenvalue weighted by Crippen LogP contribution is -2.30. The van der Waals surface area contributed by atoms with Crippen LogP contribution in [0.25, 0.3) is 0 Å². The van der Waals surface area contributed by atoms with E-state index in [0.29, 0.717) is 22.6 Å². The highest BCUT2D eigenvalue weighted by atomic mass is 19.1. The quantitative estimate of drug-likeness (QED) is 0.670. The molecule has 2 aromatic rings. The predicted molar refractivity (Wildman–Crippen MR) is 82.6 cm³/mol. The number of hydrogen-bond acceptors (Lipinski definition) is 5. The highest BCUT2D eigenvalue weighted by Gasteiger charge is 2.35. The van der Waals surface area contributed by atoms with Gasteiger partial charge in [-0.15, -0.1) is 0 Å². The van der Waals surface area contributed by atoms with Gasteiger partial charge in [-0.1, -0.05) is 5.16 Å². The molecule has 2 heterocycles. The Labute approximate surface area is 140 Å². The van der Waals surface area contributed by atoms with E-state index in [2.05, 4.69) is 5.16 Å². The maximum absolute atomic E-state index is 13.9. The number of nitrogens with zero attached hydrogens (tertiary/aromatic N) is 2. The minimum atomic E-state index is -0.604. The third-order valence-electron chi connectivity index (χ3n) is 4.13. The molecule has 25 heavy (non-hydrogen) atoms. The fourth-order valence-electron chi connectivity index (χ4n) is 3.08. The van der Waals surface area contributed by atoms with Crippen molar-refractivity contribution in [2.45, 2.75) is 13.2 Å². The van der Waals surface area contributed by atoms with Gasteiger partial charge in [-0.2, -0.15) is 0 Å². The summed E-state index contributed by atoms with van der Waals surface area (Å²) >= 11 is 0. The van der Waals surface area contributed by atoms with Crippen molar-refractivity contribution in [2.75, 3.05) is 11.7 Å². The van der Waals surface area contributed by atoms with E-state index in [-0.39, 0.29) is 31.2 Å². The van der Waals surface area contributed by atoms with Crippen LogP contribution in [0.4, 0.5) is 14.5 Å². The minimum absolute atomic E-state index is 0.0173. The number of rotatable bonds is 2. The third-order valence-corrected chi connectivity index (χ3v) is 4.13. The molecule has 0 atom stereocenters. The van der Waals surface area contributed by atoms with Crippen LogP contribution in [0.5, 0.6) is 5.75 Å². The van der Waals surface area contributed by atoms with Crippen LogP contribution in [0.1, 0.15) is 16.7 Å². The second kappa shape index (κ2) is 5.82. The van der Waals surface area contributed by atoms with Gasteiger partial charge in [-0.3, -0.25) is 4.79 Å². The summed E-state index contributed by atoms with van der Waals surface area (Å²) in [5, 5.41) is 12.1. The molecule has 4 rings (SSSR count). The molecule has 8 heteroatoms. The standard InChI is InChI=1S/C17H12F2N2O4/c18-11-1-2-14-13(5-11)15(20-23)17(22)21(14)6-9-3-12(19)4-10-7-24-8-25-16(9)10/h1-5,23H,6-8H2/b20-15-. The second-order valence-electron chi connectivity index (χ2n) is 5.67. The van der Waals surface area contributed by atoms with Crippen LogP contribution in [-0.2, 0) is 22.7 Å². The predicted octanol–water partition coefficient (Wildman–Crippen LogP) is 2.56. The molecule has 0 fully saturated rings. The second-order valence-corrected chi connectivity index (χ2v) is 5.67. The molecule has 0 saturated carbocycles. The monoisotopic (exact) mass is 346 g/mol. The summed E-state index contributed by atoms with van der Waals surface area (Å²) in [7, 11) is 0. The van der Waals surface area contributed by atoms with E-state index in [1.165, 1.54) is 29.2 Å². The average molecular weight is 346 g/mol. The van der Waals surface area contributed by atoms with E-state index < -0.39 is 17.5 Å². The van der Waals surface area contributed by atoms with Gasteiger partial charge in [0.2, 0.25) is 0 Å². The van der Waals surface area contributed by atoms with E-state index in [9.17, 15) is 13.6 Å². The molecule has 0 unspecified atom stereocenters. The Hall–Kier alpha value is -3.00. The van der Waals surface area contributed by atoms with E-state index >= 15 is 0 Å². The van der Waals surface area contributed by atoms with Crippen LogP contribution < -0.4 is 9.64 Å². The van der Waals surface area contributed by atoms with Crippen molar-refractivity contribution < 1.29 is 28.3 Å². The molecule has 2 aliphatic rings. The third kappa shape index (κ3) is 2.51. The van der Waals surface area contributed by atoms with Gasteiger partial charge in [0.1, 0.15) is 17.4 Å². The Bertz CT molecular complexity index is 914. The van der Waals surface area contributed by atoms with Crippen LogP contribution in [-0.4, -0.2) is 23.6 Å². The zero-order chi connectivity index (χ0) is 17.6. The summed E-state index contributed by atoms with van der Waals surface area (Å²) < 4.78 is 38.0. The van der Waals surface area contributed by atoms with Crippen molar-refractivity contribution in [1.82, 2.24) is 0 Å². The molecular formula is C17H12F2N2O4. The maximum Gasteiger partial charge on any atom is 0.281 e. The number of oxime groups is 1. The van der Waals surface area contributed by atoms with Crippen molar-refractivity contribution in [3.05, 3.63) is 58.7 Å². The normalized spacial score (nSPS) is 17.4. The first-order valence-corrected chi connectivity index (χ1v) is 7.44. The topological polar surface area (TPSA) is 71.4 Å². The number of anilines is 1. The smallest absolute Gasteiger partial charge is 0.281 e. The summed E-state index contributed by atoms with van der Waals surface area (Å²) in [5.41, 5.74) is 1.29. The summed E-state index contributed by atoms with van der Waals surface area (Å²) in [5.74, 6) is -1.19. The van der Waals surface area contributed by atoms with Gasteiger partial charge in [0.05, 0.1) is 18.8 Å².